The fraction of sp³-hybridized carbons (Fsp3) is 0.0370. The number of thiophene rings is 1. The molecule has 60 heavy (non-hydrogen) atoms. The second-order valence-corrected chi connectivity index (χ2v) is 16.9. The molecule has 1 aliphatic carbocycles. The third-order valence-electron chi connectivity index (χ3n) is 12.8. The third kappa shape index (κ3) is 4.38. The maximum absolute atomic E-state index is 11.2. The Morgan fingerprint density at radius 1 is 0.500 bits per heavy atom. The number of aromatic nitrogens is 3. The molecule has 1 aliphatic rings. The van der Waals surface area contributed by atoms with Gasteiger partial charge in [-0.15, -0.1) is 11.3 Å². The van der Waals surface area contributed by atoms with Crippen molar-refractivity contribution >= 4 is 119 Å². The molecule has 1 unspecified atom stereocenters. The van der Waals surface area contributed by atoms with E-state index in [4.69, 9.17) is 0 Å². The Morgan fingerprint density at radius 2 is 1.10 bits per heavy atom. The summed E-state index contributed by atoms with van der Waals surface area (Å²) in [6.07, 6.45) is 2.38. The van der Waals surface area contributed by atoms with Crippen LogP contribution in [-0.2, 0) is 0 Å². The largest absolute Gasteiger partial charge is 0.312 e. The molecule has 0 amide bonds. The first-order valence-electron chi connectivity index (χ1n) is 20.2. The number of nitriles is 2. The number of para-hydroxylation sites is 3. The molecule has 4 aromatic heterocycles. The average molecular weight is 782 g/mol. The Labute approximate surface area is 347 Å². The van der Waals surface area contributed by atoms with Gasteiger partial charge < -0.3 is 13.7 Å². The second kappa shape index (κ2) is 12.3. The van der Waals surface area contributed by atoms with E-state index >= 15 is 0 Å². The minimum absolute atomic E-state index is 0.383. The zero-order chi connectivity index (χ0) is 39.6. The zero-order valence-electron chi connectivity index (χ0n) is 32.1. The van der Waals surface area contributed by atoms with Gasteiger partial charge in [0.05, 0.1) is 55.4 Å². The first kappa shape index (κ1) is 33.1. The highest BCUT2D eigenvalue weighted by Crippen LogP contribution is 2.47. The van der Waals surface area contributed by atoms with Gasteiger partial charge in [0.1, 0.15) is 6.07 Å². The minimum Gasteiger partial charge on any atom is -0.312 e. The molecule has 0 radical (unpaired) electrons. The van der Waals surface area contributed by atoms with Gasteiger partial charge in [-0.25, -0.2) is 0 Å². The van der Waals surface area contributed by atoms with Crippen molar-refractivity contribution in [3.8, 4) is 17.8 Å². The lowest BCUT2D eigenvalue weighted by molar-refractivity contribution is 0.799. The fourth-order valence-electron chi connectivity index (χ4n) is 10.3. The molecule has 0 saturated carbocycles. The molecule has 4 heterocycles. The van der Waals surface area contributed by atoms with Gasteiger partial charge in [0.25, 0.3) is 0 Å². The third-order valence-corrected chi connectivity index (χ3v) is 14.0. The molecule has 0 N–H and O–H groups in total. The lowest BCUT2D eigenvalue weighted by Gasteiger charge is -2.25. The molecule has 0 saturated heterocycles. The fourth-order valence-corrected chi connectivity index (χ4v) is 11.5. The Bertz CT molecular complexity index is 3970. The van der Waals surface area contributed by atoms with Crippen LogP contribution in [0.2, 0.25) is 0 Å². The van der Waals surface area contributed by atoms with Crippen LogP contribution in [-0.4, -0.2) is 13.7 Å². The van der Waals surface area contributed by atoms with Gasteiger partial charge >= 0.3 is 0 Å². The van der Waals surface area contributed by atoms with Crippen molar-refractivity contribution in [2.45, 2.75) is 6.42 Å². The smallest absolute Gasteiger partial charge is 0.101 e. The molecule has 0 bridgehead atoms. The number of allylic oxidation sites excluding steroid dienone is 4. The number of hydrogen-bond donors (Lipinski definition) is 0. The summed E-state index contributed by atoms with van der Waals surface area (Å²) in [6, 6.07) is 63.6. The van der Waals surface area contributed by atoms with E-state index in [-0.39, 0.29) is 0 Å². The summed E-state index contributed by atoms with van der Waals surface area (Å²) >= 11 is 1.79. The molecule has 8 aromatic carbocycles. The predicted octanol–water partition coefficient (Wildman–Crippen LogP) is 14.3. The summed E-state index contributed by atoms with van der Waals surface area (Å²) in [5.74, 6) is -0.530. The molecule has 0 fully saturated rings. The van der Waals surface area contributed by atoms with Crippen molar-refractivity contribution in [1.29, 1.82) is 10.5 Å². The van der Waals surface area contributed by atoms with Crippen LogP contribution in [0.5, 0.6) is 0 Å². The molecule has 1 atom stereocenters. The minimum atomic E-state index is -0.530. The summed E-state index contributed by atoms with van der Waals surface area (Å²) in [6.45, 7) is 0. The molecule has 0 aliphatic heterocycles. The number of hydrogen-bond acceptors (Lipinski definition) is 3. The molecule has 5 nitrogen and oxygen atoms in total. The van der Waals surface area contributed by atoms with E-state index in [0.29, 0.717) is 12.0 Å². The molecular weight excluding hydrogens is 751 g/mol. The van der Waals surface area contributed by atoms with E-state index in [1.807, 2.05) is 6.08 Å². The topological polar surface area (TPSA) is 62.4 Å². The molecule has 12 aromatic rings. The van der Waals surface area contributed by atoms with Crippen molar-refractivity contribution < 1.29 is 0 Å². The maximum Gasteiger partial charge on any atom is 0.101 e. The van der Waals surface area contributed by atoms with Crippen molar-refractivity contribution in [2.24, 2.45) is 5.92 Å². The average Bonchev–Trinajstić information content (AvgIpc) is 4.05. The zero-order valence-corrected chi connectivity index (χ0v) is 32.9. The molecule has 13 rings (SSSR count). The standard InChI is InChI=1S/C54H31N5S/c55-30-33-28-50(59-46-19-9-5-15-39(46)41-23-24-42-40-16-6-10-20-51(40)60-54(42)53(41)59)34(31-56)27-49(33)58-47-26-22-35(29-43(47)52-36-12-2-1-11-32(36)21-25-48(52)58)57-44-17-7-3-13-37(44)38-14-4-8-18-45(38)57/h1-27,29,33H,28H2. The predicted molar refractivity (Wildman–Crippen MR) is 250 cm³/mol. The molecular formula is C54H31N5S. The van der Waals surface area contributed by atoms with Crippen LogP contribution in [0, 0.1) is 28.6 Å². The van der Waals surface area contributed by atoms with E-state index in [1.165, 1.54) is 30.9 Å². The number of benzene rings is 8. The van der Waals surface area contributed by atoms with Crippen LogP contribution in [0.25, 0.3) is 113 Å². The van der Waals surface area contributed by atoms with Crippen LogP contribution in [0.1, 0.15) is 6.42 Å². The SMILES string of the molecule is N#CC1=C(n2c3ccccc3c3ccc4c5ccccc5sc4c32)CC(C#N)C(n2c3ccc(-n4c5ccccc5c5ccccc54)cc3c3c4ccccc4ccc32)=C1. The van der Waals surface area contributed by atoms with Crippen molar-refractivity contribution in [1.82, 2.24) is 13.7 Å². The number of nitrogens with zero attached hydrogens (tertiary/aromatic N) is 5. The van der Waals surface area contributed by atoms with Crippen LogP contribution in [0.15, 0.2) is 175 Å². The van der Waals surface area contributed by atoms with Crippen LogP contribution < -0.4 is 0 Å². The highest BCUT2D eigenvalue weighted by molar-refractivity contribution is 7.26. The maximum atomic E-state index is 11.2. The first-order chi connectivity index (χ1) is 29.7. The lowest BCUT2D eigenvalue weighted by atomic mass is 9.91. The van der Waals surface area contributed by atoms with Crippen molar-refractivity contribution in [3.05, 3.63) is 175 Å². The summed E-state index contributed by atoms with van der Waals surface area (Å²) < 4.78 is 9.32. The summed E-state index contributed by atoms with van der Waals surface area (Å²) in [5, 5.41) is 34.0. The summed E-state index contributed by atoms with van der Waals surface area (Å²) in [4.78, 5) is 0. The van der Waals surface area contributed by atoms with Crippen LogP contribution in [0.3, 0.4) is 0 Å². The van der Waals surface area contributed by atoms with Gasteiger partial charge in [-0.1, -0.05) is 115 Å². The van der Waals surface area contributed by atoms with Gasteiger partial charge in [0.15, 0.2) is 0 Å². The van der Waals surface area contributed by atoms with Gasteiger partial charge in [0, 0.05) is 71.3 Å². The quantitative estimate of drug-likeness (QED) is 0.179. The van der Waals surface area contributed by atoms with E-state index in [2.05, 4.69) is 190 Å². The first-order valence-corrected chi connectivity index (χ1v) is 21.0. The van der Waals surface area contributed by atoms with Crippen molar-refractivity contribution in [2.75, 3.05) is 0 Å². The van der Waals surface area contributed by atoms with Gasteiger partial charge in [-0.05, 0) is 65.4 Å². The van der Waals surface area contributed by atoms with E-state index in [9.17, 15) is 10.5 Å². The highest BCUT2D eigenvalue weighted by atomic mass is 32.1. The van der Waals surface area contributed by atoms with Gasteiger partial charge in [-0.3, -0.25) is 0 Å². The Morgan fingerprint density at radius 3 is 1.83 bits per heavy atom. The lowest BCUT2D eigenvalue weighted by Crippen LogP contribution is -2.16. The number of rotatable bonds is 3. The highest BCUT2D eigenvalue weighted by Gasteiger charge is 2.31. The number of fused-ring (bicyclic) bond motifs is 15. The van der Waals surface area contributed by atoms with Gasteiger partial charge in [0.2, 0.25) is 0 Å². The normalized spacial score (nSPS) is 14.8. The monoisotopic (exact) mass is 781 g/mol. The Hall–Kier alpha value is -7.90. The molecule has 278 valence electrons. The molecule has 0 spiro atoms. The van der Waals surface area contributed by atoms with E-state index in [0.717, 1.165) is 82.5 Å². The Kier molecular flexibility index (Phi) is 6.79. The van der Waals surface area contributed by atoms with Crippen molar-refractivity contribution in [3.63, 3.8) is 0 Å². The summed E-state index contributed by atoms with van der Waals surface area (Å²) in [7, 11) is 0. The van der Waals surface area contributed by atoms with Crippen LogP contribution in [0.4, 0.5) is 0 Å². The molecule has 6 heteroatoms. The summed E-state index contributed by atoms with van der Waals surface area (Å²) in [5.41, 5.74) is 9.74. The second-order valence-electron chi connectivity index (χ2n) is 15.8. The van der Waals surface area contributed by atoms with Crippen LogP contribution >= 0.6 is 11.3 Å². The Balaban J connectivity index is 1.10. The van der Waals surface area contributed by atoms with E-state index < -0.39 is 5.92 Å². The van der Waals surface area contributed by atoms with E-state index in [1.54, 1.807) is 11.3 Å². The van der Waals surface area contributed by atoms with Gasteiger partial charge in [-0.2, -0.15) is 10.5 Å².